The number of benzene rings is 1. The number of anilines is 1. The second kappa shape index (κ2) is 4.59. The van der Waals surface area contributed by atoms with Crippen LogP contribution >= 0.6 is 11.6 Å². The van der Waals surface area contributed by atoms with E-state index in [1.165, 1.54) is 6.07 Å². The molecule has 0 aromatic heterocycles. The van der Waals surface area contributed by atoms with Crippen LogP contribution < -0.4 is 10.2 Å². The predicted molar refractivity (Wildman–Crippen MR) is 73.4 cm³/mol. The number of barbiturate groups is 1. The number of carbonyl (C=O) groups excluding carboxylic acids is 3. The molecule has 6 heteroatoms. The average molecular weight is 293 g/mol. The molecule has 1 saturated carbocycles. The Morgan fingerprint density at radius 1 is 1.15 bits per heavy atom. The Morgan fingerprint density at radius 3 is 2.50 bits per heavy atom. The Kier molecular flexibility index (Phi) is 3.01. The molecule has 1 N–H and O–H groups in total. The van der Waals surface area contributed by atoms with Gasteiger partial charge in [-0.3, -0.25) is 14.9 Å². The van der Waals surface area contributed by atoms with Crippen molar-refractivity contribution in [2.24, 2.45) is 5.41 Å². The van der Waals surface area contributed by atoms with Crippen molar-refractivity contribution in [2.75, 3.05) is 4.90 Å². The molecular weight excluding hydrogens is 280 g/mol. The van der Waals surface area contributed by atoms with E-state index in [1.54, 1.807) is 18.2 Å². The third-order valence-corrected chi connectivity index (χ3v) is 4.23. The number of nitrogens with one attached hydrogen (secondary N) is 1. The molecule has 20 heavy (non-hydrogen) atoms. The summed E-state index contributed by atoms with van der Waals surface area (Å²) in [6.45, 7) is 0. The molecule has 1 aliphatic heterocycles. The van der Waals surface area contributed by atoms with Gasteiger partial charge in [0.25, 0.3) is 5.91 Å². The molecule has 2 fully saturated rings. The maximum absolute atomic E-state index is 12.7. The van der Waals surface area contributed by atoms with E-state index < -0.39 is 23.3 Å². The van der Waals surface area contributed by atoms with Crippen molar-refractivity contribution in [1.82, 2.24) is 5.32 Å². The minimum Gasteiger partial charge on any atom is -0.276 e. The maximum Gasteiger partial charge on any atom is 0.335 e. The molecule has 1 aromatic carbocycles. The average Bonchev–Trinajstić information content (AvgIpc) is 2.87. The van der Waals surface area contributed by atoms with Gasteiger partial charge in [0.2, 0.25) is 5.91 Å². The maximum atomic E-state index is 12.7. The quantitative estimate of drug-likeness (QED) is 0.809. The zero-order valence-electron chi connectivity index (χ0n) is 10.7. The number of hydrogen-bond acceptors (Lipinski definition) is 3. The summed E-state index contributed by atoms with van der Waals surface area (Å²) in [4.78, 5) is 37.8. The van der Waals surface area contributed by atoms with E-state index >= 15 is 0 Å². The minimum absolute atomic E-state index is 0.388. The van der Waals surface area contributed by atoms with Crippen molar-refractivity contribution >= 4 is 35.1 Å². The molecule has 2 aliphatic rings. The highest BCUT2D eigenvalue weighted by atomic mass is 35.5. The van der Waals surface area contributed by atoms with Gasteiger partial charge in [0, 0.05) is 5.02 Å². The van der Waals surface area contributed by atoms with Gasteiger partial charge in [-0.2, -0.15) is 0 Å². The molecule has 104 valence electrons. The standard InChI is InChI=1S/C14H13ClN2O3/c15-9-4-3-5-10(8-9)17-12(19)14(6-1-2-7-14)11(18)16-13(17)20/h3-5,8H,1-2,6-7H2,(H,16,18,20). The Balaban J connectivity index is 2.04. The van der Waals surface area contributed by atoms with Gasteiger partial charge in [-0.15, -0.1) is 0 Å². The van der Waals surface area contributed by atoms with Crippen LogP contribution in [0.25, 0.3) is 0 Å². The molecule has 1 aliphatic carbocycles. The molecule has 1 saturated heterocycles. The molecule has 0 bridgehead atoms. The topological polar surface area (TPSA) is 66.5 Å². The first kappa shape index (κ1) is 13.1. The van der Waals surface area contributed by atoms with Gasteiger partial charge in [0.05, 0.1) is 5.69 Å². The van der Waals surface area contributed by atoms with Crippen LogP contribution in [0.4, 0.5) is 10.5 Å². The molecule has 1 spiro atoms. The smallest absolute Gasteiger partial charge is 0.276 e. The van der Waals surface area contributed by atoms with E-state index in [9.17, 15) is 14.4 Å². The van der Waals surface area contributed by atoms with Gasteiger partial charge >= 0.3 is 6.03 Å². The van der Waals surface area contributed by atoms with Crippen LogP contribution in [-0.2, 0) is 9.59 Å². The van der Waals surface area contributed by atoms with Crippen molar-refractivity contribution in [2.45, 2.75) is 25.7 Å². The molecule has 3 rings (SSSR count). The lowest BCUT2D eigenvalue weighted by Crippen LogP contribution is -2.63. The predicted octanol–water partition coefficient (Wildman–Crippen LogP) is 2.48. The third kappa shape index (κ3) is 1.81. The number of amides is 4. The van der Waals surface area contributed by atoms with Crippen LogP contribution in [0.15, 0.2) is 24.3 Å². The van der Waals surface area contributed by atoms with Crippen molar-refractivity contribution in [3.63, 3.8) is 0 Å². The summed E-state index contributed by atoms with van der Waals surface area (Å²) in [6.07, 6.45) is 2.61. The van der Waals surface area contributed by atoms with Gasteiger partial charge in [-0.05, 0) is 31.0 Å². The van der Waals surface area contributed by atoms with Crippen LogP contribution in [0.3, 0.4) is 0 Å². The Hall–Kier alpha value is -1.88. The van der Waals surface area contributed by atoms with Crippen molar-refractivity contribution in [1.29, 1.82) is 0 Å². The number of halogens is 1. The molecule has 0 atom stereocenters. The fraction of sp³-hybridized carbons (Fsp3) is 0.357. The van der Waals surface area contributed by atoms with Crippen molar-refractivity contribution in [3.05, 3.63) is 29.3 Å². The first-order chi connectivity index (χ1) is 9.54. The minimum atomic E-state index is -1.09. The van der Waals surface area contributed by atoms with E-state index in [0.717, 1.165) is 17.7 Å². The lowest BCUT2D eigenvalue weighted by molar-refractivity contribution is -0.142. The molecule has 1 aromatic rings. The highest BCUT2D eigenvalue weighted by Gasteiger charge is 2.55. The second-order valence-corrected chi connectivity index (χ2v) is 5.61. The SMILES string of the molecule is O=C1NC(=O)C2(CCCC2)C(=O)N1c1cccc(Cl)c1. The summed E-state index contributed by atoms with van der Waals surface area (Å²) in [7, 11) is 0. The Labute approximate surface area is 120 Å². The number of urea groups is 1. The van der Waals surface area contributed by atoms with Crippen LogP contribution in [-0.4, -0.2) is 17.8 Å². The van der Waals surface area contributed by atoms with Gasteiger partial charge < -0.3 is 0 Å². The molecule has 4 amide bonds. The fourth-order valence-electron chi connectivity index (χ4n) is 2.95. The molecule has 0 radical (unpaired) electrons. The number of hydrogen-bond donors (Lipinski definition) is 1. The zero-order valence-corrected chi connectivity index (χ0v) is 11.4. The Morgan fingerprint density at radius 2 is 1.85 bits per heavy atom. The number of rotatable bonds is 1. The first-order valence-corrected chi connectivity index (χ1v) is 6.88. The first-order valence-electron chi connectivity index (χ1n) is 6.50. The number of carbonyl (C=O) groups is 3. The molecular formula is C14H13ClN2O3. The van der Waals surface area contributed by atoms with E-state index in [1.807, 2.05) is 0 Å². The summed E-state index contributed by atoms with van der Waals surface area (Å²) in [5.74, 6) is -0.908. The largest absolute Gasteiger partial charge is 0.335 e. The van der Waals surface area contributed by atoms with E-state index in [4.69, 9.17) is 11.6 Å². The van der Waals surface area contributed by atoms with Gasteiger partial charge in [0.15, 0.2) is 0 Å². The van der Waals surface area contributed by atoms with Crippen LogP contribution in [0.2, 0.25) is 5.02 Å². The van der Waals surface area contributed by atoms with E-state index in [0.29, 0.717) is 23.6 Å². The van der Waals surface area contributed by atoms with Gasteiger partial charge in [-0.1, -0.05) is 30.5 Å². The van der Waals surface area contributed by atoms with Crippen LogP contribution in [0.5, 0.6) is 0 Å². The van der Waals surface area contributed by atoms with Crippen molar-refractivity contribution in [3.8, 4) is 0 Å². The molecule has 0 unspecified atom stereocenters. The summed E-state index contributed by atoms with van der Waals surface area (Å²) < 4.78 is 0. The summed E-state index contributed by atoms with van der Waals surface area (Å²) >= 11 is 5.90. The summed E-state index contributed by atoms with van der Waals surface area (Å²) in [5, 5.41) is 2.73. The monoisotopic (exact) mass is 292 g/mol. The normalized spacial score (nSPS) is 21.4. The summed E-state index contributed by atoms with van der Waals surface area (Å²) in [5.41, 5.74) is -0.699. The lowest BCUT2D eigenvalue weighted by atomic mass is 9.82. The van der Waals surface area contributed by atoms with Crippen LogP contribution in [0.1, 0.15) is 25.7 Å². The number of nitrogens with zero attached hydrogens (tertiary/aromatic N) is 1. The Bertz CT molecular complexity index is 608. The molecule has 5 nitrogen and oxygen atoms in total. The van der Waals surface area contributed by atoms with E-state index in [2.05, 4.69) is 5.32 Å². The fourth-order valence-corrected chi connectivity index (χ4v) is 3.13. The lowest BCUT2D eigenvalue weighted by Gasteiger charge is -2.36. The third-order valence-electron chi connectivity index (χ3n) is 3.99. The van der Waals surface area contributed by atoms with Crippen LogP contribution in [0, 0.1) is 5.41 Å². The number of imide groups is 2. The second-order valence-electron chi connectivity index (χ2n) is 5.17. The summed E-state index contributed by atoms with van der Waals surface area (Å²) in [6, 6.07) is 5.78. The molecule has 1 heterocycles. The van der Waals surface area contributed by atoms with Crippen molar-refractivity contribution < 1.29 is 14.4 Å². The van der Waals surface area contributed by atoms with E-state index in [-0.39, 0.29) is 0 Å². The van der Waals surface area contributed by atoms with Gasteiger partial charge in [-0.25, -0.2) is 9.69 Å². The highest BCUT2D eigenvalue weighted by molar-refractivity contribution is 6.32. The zero-order chi connectivity index (χ0) is 14.3. The van der Waals surface area contributed by atoms with Gasteiger partial charge in [0.1, 0.15) is 5.41 Å². The highest BCUT2D eigenvalue weighted by Crippen LogP contribution is 2.42.